The van der Waals surface area contributed by atoms with Crippen molar-refractivity contribution in [3.63, 3.8) is 0 Å². The van der Waals surface area contributed by atoms with E-state index in [0.29, 0.717) is 6.54 Å². The predicted octanol–water partition coefficient (Wildman–Crippen LogP) is -1.43. The van der Waals surface area contributed by atoms with E-state index in [2.05, 4.69) is 20.5 Å². The number of aromatic nitrogens is 3. The van der Waals surface area contributed by atoms with Crippen LogP contribution in [0.3, 0.4) is 0 Å². The molecule has 0 spiro atoms. The Hall–Kier alpha value is -1.63. The van der Waals surface area contributed by atoms with Gasteiger partial charge < -0.3 is 16.8 Å². The Bertz CT molecular complexity index is 313. The van der Waals surface area contributed by atoms with Crippen LogP contribution in [-0.2, 0) is 13.6 Å². The molecule has 0 bridgehead atoms. The zero-order valence-corrected chi connectivity index (χ0v) is 8.85. The minimum atomic E-state index is 0.143. The maximum absolute atomic E-state index is 5.19. The number of guanidine groups is 1. The lowest BCUT2D eigenvalue weighted by molar-refractivity contribution is 0.614. The van der Waals surface area contributed by atoms with Crippen molar-refractivity contribution in [3.05, 3.63) is 11.9 Å². The summed E-state index contributed by atoms with van der Waals surface area (Å²) >= 11 is 0. The van der Waals surface area contributed by atoms with E-state index in [9.17, 15) is 0 Å². The van der Waals surface area contributed by atoms with Gasteiger partial charge in [0.25, 0.3) is 0 Å². The molecule has 1 aromatic rings. The van der Waals surface area contributed by atoms with Gasteiger partial charge in [-0.3, -0.25) is 4.99 Å². The monoisotopic (exact) mass is 211 g/mol. The summed E-state index contributed by atoms with van der Waals surface area (Å²) in [7, 11) is 1.79. The van der Waals surface area contributed by atoms with Gasteiger partial charge in [-0.15, -0.1) is 0 Å². The van der Waals surface area contributed by atoms with E-state index in [1.54, 1.807) is 13.2 Å². The van der Waals surface area contributed by atoms with Crippen molar-refractivity contribution in [2.45, 2.75) is 13.0 Å². The van der Waals surface area contributed by atoms with Gasteiger partial charge in [0.1, 0.15) is 0 Å². The van der Waals surface area contributed by atoms with Crippen molar-refractivity contribution >= 4 is 5.96 Å². The van der Waals surface area contributed by atoms with Crippen molar-refractivity contribution in [1.82, 2.24) is 20.3 Å². The van der Waals surface area contributed by atoms with E-state index < -0.39 is 0 Å². The summed E-state index contributed by atoms with van der Waals surface area (Å²) in [4.78, 5) is 5.41. The molecule has 0 radical (unpaired) electrons. The Morgan fingerprint density at radius 3 is 3.00 bits per heavy atom. The molecule has 0 amide bonds. The molecule has 0 unspecified atom stereocenters. The third kappa shape index (κ3) is 4.96. The Kier molecular flexibility index (Phi) is 4.55. The average molecular weight is 211 g/mol. The summed E-state index contributed by atoms with van der Waals surface area (Å²) in [6.45, 7) is 2.22. The second-order valence-corrected chi connectivity index (χ2v) is 3.16. The van der Waals surface area contributed by atoms with E-state index in [-0.39, 0.29) is 5.96 Å². The Labute approximate surface area is 88.5 Å². The number of aryl methyl sites for hydroxylation is 1. The first kappa shape index (κ1) is 11.4. The van der Waals surface area contributed by atoms with Crippen LogP contribution in [0.1, 0.15) is 12.1 Å². The minimum absolute atomic E-state index is 0.143. The van der Waals surface area contributed by atoms with E-state index in [0.717, 1.165) is 25.2 Å². The van der Waals surface area contributed by atoms with Crippen LogP contribution < -0.4 is 16.8 Å². The molecule has 7 nitrogen and oxygen atoms in total. The second-order valence-electron chi connectivity index (χ2n) is 3.16. The molecule has 1 aromatic heterocycles. The van der Waals surface area contributed by atoms with Crippen LogP contribution in [-0.4, -0.2) is 34.0 Å². The summed E-state index contributed by atoms with van der Waals surface area (Å²) in [5, 5.41) is 11.3. The number of nitrogens with zero attached hydrogens (tertiary/aromatic N) is 4. The van der Waals surface area contributed by atoms with E-state index in [1.165, 1.54) is 4.80 Å². The lowest BCUT2D eigenvalue weighted by atomic mass is 10.4. The summed E-state index contributed by atoms with van der Waals surface area (Å²) in [5.74, 6) is 0.143. The van der Waals surface area contributed by atoms with Crippen molar-refractivity contribution in [2.24, 2.45) is 23.5 Å². The fourth-order valence-electron chi connectivity index (χ4n) is 1.10. The number of nitrogens with one attached hydrogen (secondary N) is 1. The van der Waals surface area contributed by atoms with E-state index >= 15 is 0 Å². The first-order chi connectivity index (χ1) is 7.18. The number of rotatable bonds is 6. The number of nitrogens with two attached hydrogens (primary N) is 2. The van der Waals surface area contributed by atoms with Crippen LogP contribution >= 0.6 is 0 Å². The summed E-state index contributed by atoms with van der Waals surface area (Å²) in [5.41, 5.74) is 11.3. The maximum Gasteiger partial charge on any atom is 0.185 e. The highest BCUT2D eigenvalue weighted by Crippen LogP contribution is 1.89. The van der Waals surface area contributed by atoms with Crippen molar-refractivity contribution < 1.29 is 0 Å². The lowest BCUT2D eigenvalue weighted by Gasteiger charge is -2.00. The normalized spacial score (nSPS) is 10.2. The predicted molar refractivity (Wildman–Crippen MR) is 58.0 cm³/mol. The van der Waals surface area contributed by atoms with Crippen LogP contribution in [0, 0.1) is 0 Å². The standard InChI is InChI=1S/C8H17N7/c1-15-13-6-7(14-15)5-11-3-2-4-12-8(9)10/h6,11H,2-5H2,1H3,(H4,9,10,12). The Morgan fingerprint density at radius 1 is 1.60 bits per heavy atom. The first-order valence-corrected chi connectivity index (χ1v) is 4.80. The largest absolute Gasteiger partial charge is 0.370 e. The highest BCUT2D eigenvalue weighted by molar-refractivity contribution is 5.75. The molecule has 15 heavy (non-hydrogen) atoms. The average Bonchev–Trinajstić information content (AvgIpc) is 2.57. The fourth-order valence-corrected chi connectivity index (χ4v) is 1.10. The van der Waals surface area contributed by atoms with Crippen LogP contribution in [0.5, 0.6) is 0 Å². The second kappa shape index (κ2) is 5.97. The molecular weight excluding hydrogens is 194 g/mol. The molecule has 0 saturated carbocycles. The molecule has 1 heterocycles. The Morgan fingerprint density at radius 2 is 2.40 bits per heavy atom. The molecule has 7 heteroatoms. The van der Waals surface area contributed by atoms with Gasteiger partial charge in [0.05, 0.1) is 11.9 Å². The molecular formula is C8H17N7. The third-order valence-corrected chi connectivity index (χ3v) is 1.76. The first-order valence-electron chi connectivity index (χ1n) is 4.80. The molecule has 0 fully saturated rings. The molecule has 1 rings (SSSR count). The minimum Gasteiger partial charge on any atom is -0.370 e. The SMILES string of the molecule is Cn1ncc(CNCCCN=C(N)N)n1. The summed E-state index contributed by atoms with van der Waals surface area (Å²) in [6, 6.07) is 0. The van der Waals surface area contributed by atoms with Gasteiger partial charge in [-0.25, -0.2) is 0 Å². The maximum atomic E-state index is 5.19. The third-order valence-electron chi connectivity index (χ3n) is 1.76. The van der Waals surface area contributed by atoms with Gasteiger partial charge in [-0.2, -0.15) is 15.0 Å². The molecule has 0 atom stereocenters. The molecule has 0 aliphatic rings. The van der Waals surface area contributed by atoms with Gasteiger partial charge in [0.2, 0.25) is 0 Å². The molecule has 0 aliphatic heterocycles. The van der Waals surface area contributed by atoms with E-state index in [4.69, 9.17) is 11.5 Å². The van der Waals surface area contributed by atoms with Crippen LogP contribution in [0.2, 0.25) is 0 Å². The van der Waals surface area contributed by atoms with Gasteiger partial charge in [0.15, 0.2) is 5.96 Å². The number of hydrogen-bond donors (Lipinski definition) is 3. The summed E-state index contributed by atoms with van der Waals surface area (Å²) < 4.78 is 0. The number of hydrogen-bond acceptors (Lipinski definition) is 4. The van der Waals surface area contributed by atoms with Gasteiger partial charge in [-0.05, 0) is 13.0 Å². The van der Waals surface area contributed by atoms with Crippen LogP contribution in [0.4, 0.5) is 0 Å². The highest BCUT2D eigenvalue weighted by Gasteiger charge is 1.96. The summed E-state index contributed by atoms with van der Waals surface area (Å²) in [6.07, 6.45) is 2.64. The van der Waals surface area contributed by atoms with Crippen LogP contribution in [0.15, 0.2) is 11.2 Å². The van der Waals surface area contributed by atoms with E-state index in [1.807, 2.05) is 0 Å². The Balaban J connectivity index is 2.05. The zero-order chi connectivity index (χ0) is 11.1. The van der Waals surface area contributed by atoms with Crippen molar-refractivity contribution in [3.8, 4) is 0 Å². The van der Waals surface area contributed by atoms with Crippen LogP contribution in [0.25, 0.3) is 0 Å². The van der Waals surface area contributed by atoms with Gasteiger partial charge >= 0.3 is 0 Å². The molecule has 5 N–H and O–H groups in total. The quantitative estimate of drug-likeness (QED) is 0.304. The van der Waals surface area contributed by atoms with Gasteiger partial charge in [0, 0.05) is 20.1 Å². The van der Waals surface area contributed by atoms with Crippen molar-refractivity contribution in [1.29, 1.82) is 0 Å². The molecule has 0 saturated heterocycles. The zero-order valence-electron chi connectivity index (χ0n) is 8.85. The number of aliphatic imine (C=N–C) groups is 1. The van der Waals surface area contributed by atoms with Gasteiger partial charge in [-0.1, -0.05) is 0 Å². The smallest absolute Gasteiger partial charge is 0.185 e. The topological polar surface area (TPSA) is 107 Å². The fraction of sp³-hybridized carbons (Fsp3) is 0.625. The highest BCUT2D eigenvalue weighted by atomic mass is 15.4. The molecule has 0 aromatic carbocycles. The van der Waals surface area contributed by atoms with Crippen molar-refractivity contribution in [2.75, 3.05) is 13.1 Å². The molecule has 0 aliphatic carbocycles. The lowest BCUT2D eigenvalue weighted by Crippen LogP contribution is -2.23. The molecule has 84 valence electrons.